The van der Waals surface area contributed by atoms with Crippen molar-refractivity contribution in [2.24, 2.45) is 4.66 Å². The average Bonchev–Trinajstić information content (AvgIpc) is 2.34. The van der Waals surface area contributed by atoms with Crippen LogP contribution in [0.25, 0.3) is 0 Å². The predicted molar refractivity (Wildman–Crippen MR) is 76.0 cm³/mol. The van der Waals surface area contributed by atoms with Crippen LogP contribution in [0.3, 0.4) is 0 Å². The van der Waals surface area contributed by atoms with Crippen LogP contribution < -0.4 is 0 Å². The lowest BCUT2D eigenvalue weighted by molar-refractivity contribution is 1.15. The van der Waals surface area contributed by atoms with Gasteiger partial charge < -0.3 is 4.66 Å². The smallest absolute Gasteiger partial charge is 0.180 e. The maximum Gasteiger partial charge on any atom is 0.180 e. The molecule has 16 heavy (non-hydrogen) atoms. The molecule has 1 aromatic rings. The quantitative estimate of drug-likeness (QED) is 0.527. The van der Waals surface area contributed by atoms with Gasteiger partial charge in [-0.25, -0.2) is 0 Å². The van der Waals surface area contributed by atoms with E-state index in [-0.39, 0.29) is 0 Å². The number of rotatable bonds is 5. The van der Waals surface area contributed by atoms with Crippen LogP contribution in [0.4, 0.5) is 0 Å². The Hall–Kier alpha value is -0.893. The highest BCUT2D eigenvalue weighted by molar-refractivity contribution is 6.78. The van der Waals surface area contributed by atoms with Gasteiger partial charge in [-0.1, -0.05) is 50.6 Å². The standard InChI is InChI=1S/C14H23NSi/c1-5-16(6-2,7-3)15-12-14-10-8-13(4)9-11-14/h8-12H,5-7H2,1-4H3. The number of benzene rings is 1. The van der Waals surface area contributed by atoms with Crippen molar-refractivity contribution in [2.75, 3.05) is 0 Å². The molecule has 1 aromatic carbocycles. The minimum Gasteiger partial charge on any atom is -0.328 e. The van der Waals surface area contributed by atoms with Crippen molar-refractivity contribution in [3.63, 3.8) is 0 Å². The number of hydrogen-bond acceptors (Lipinski definition) is 1. The number of nitrogens with zero attached hydrogens (tertiary/aromatic N) is 1. The lowest BCUT2D eigenvalue weighted by Crippen LogP contribution is -2.29. The Balaban J connectivity index is 2.82. The summed E-state index contributed by atoms with van der Waals surface area (Å²) in [5, 5.41) is 0. The molecule has 0 atom stereocenters. The molecule has 0 N–H and O–H groups in total. The van der Waals surface area contributed by atoms with Crippen molar-refractivity contribution >= 4 is 14.5 Å². The Morgan fingerprint density at radius 2 is 1.50 bits per heavy atom. The molecular formula is C14H23NSi. The van der Waals surface area contributed by atoms with E-state index in [1.165, 1.54) is 29.3 Å². The van der Waals surface area contributed by atoms with Gasteiger partial charge in [0.2, 0.25) is 0 Å². The van der Waals surface area contributed by atoms with Gasteiger partial charge in [0.05, 0.1) is 0 Å². The van der Waals surface area contributed by atoms with Crippen LogP contribution >= 0.6 is 0 Å². The van der Waals surface area contributed by atoms with Crippen LogP contribution in [-0.2, 0) is 0 Å². The van der Waals surface area contributed by atoms with Crippen LogP contribution in [-0.4, -0.2) is 14.5 Å². The average molecular weight is 233 g/mol. The first-order valence-electron chi connectivity index (χ1n) is 6.27. The summed E-state index contributed by atoms with van der Waals surface area (Å²) in [6, 6.07) is 12.4. The molecule has 1 rings (SSSR count). The van der Waals surface area contributed by atoms with Crippen LogP contribution in [0.15, 0.2) is 28.9 Å². The summed E-state index contributed by atoms with van der Waals surface area (Å²) in [4.78, 5) is 0. The third kappa shape index (κ3) is 3.31. The Morgan fingerprint density at radius 1 is 1.00 bits per heavy atom. The molecule has 0 unspecified atom stereocenters. The molecule has 0 aliphatic heterocycles. The van der Waals surface area contributed by atoms with E-state index in [4.69, 9.17) is 4.66 Å². The van der Waals surface area contributed by atoms with Gasteiger partial charge in [-0.05, 0) is 30.6 Å². The molecule has 0 radical (unpaired) electrons. The van der Waals surface area contributed by atoms with Crippen LogP contribution in [0, 0.1) is 6.92 Å². The van der Waals surface area contributed by atoms with Gasteiger partial charge in [0.25, 0.3) is 0 Å². The number of hydrogen-bond donors (Lipinski definition) is 0. The van der Waals surface area contributed by atoms with Gasteiger partial charge in [0, 0.05) is 6.21 Å². The van der Waals surface area contributed by atoms with Gasteiger partial charge in [-0.15, -0.1) is 0 Å². The first-order chi connectivity index (χ1) is 7.65. The van der Waals surface area contributed by atoms with E-state index in [1.807, 2.05) is 0 Å². The van der Waals surface area contributed by atoms with E-state index < -0.39 is 8.24 Å². The van der Waals surface area contributed by atoms with Crippen molar-refractivity contribution in [2.45, 2.75) is 45.8 Å². The molecule has 0 heterocycles. The fourth-order valence-corrected chi connectivity index (χ4v) is 4.36. The fourth-order valence-electron chi connectivity index (χ4n) is 1.89. The third-order valence-electron chi connectivity index (χ3n) is 3.54. The molecule has 1 nitrogen and oxygen atoms in total. The van der Waals surface area contributed by atoms with E-state index in [0.29, 0.717) is 0 Å². The van der Waals surface area contributed by atoms with Gasteiger partial charge >= 0.3 is 0 Å². The van der Waals surface area contributed by atoms with Crippen molar-refractivity contribution in [1.82, 2.24) is 0 Å². The second-order valence-corrected chi connectivity index (χ2v) is 9.28. The highest BCUT2D eigenvalue weighted by Crippen LogP contribution is 2.21. The van der Waals surface area contributed by atoms with Gasteiger partial charge in [-0.3, -0.25) is 0 Å². The zero-order chi connectivity index (χ0) is 12.0. The van der Waals surface area contributed by atoms with Gasteiger partial charge in [0.15, 0.2) is 8.24 Å². The predicted octanol–water partition coefficient (Wildman–Crippen LogP) is 4.42. The van der Waals surface area contributed by atoms with E-state index >= 15 is 0 Å². The maximum absolute atomic E-state index is 4.92. The van der Waals surface area contributed by atoms with Gasteiger partial charge in [-0.2, -0.15) is 0 Å². The highest BCUT2D eigenvalue weighted by Gasteiger charge is 2.25. The zero-order valence-electron chi connectivity index (χ0n) is 11.0. The lowest BCUT2D eigenvalue weighted by Gasteiger charge is -2.21. The molecule has 0 spiro atoms. The normalized spacial score (nSPS) is 12.2. The summed E-state index contributed by atoms with van der Waals surface area (Å²) >= 11 is 0. The first kappa shape index (κ1) is 13.2. The number of aryl methyl sites for hydroxylation is 1. The molecule has 0 fully saturated rings. The summed E-state index contributed by atoms with van der Waals surface area (Å²) in [7, 11) is -1.34. The molecule has 0 aromatic heterocycles. The van der Waals surface area contributed by atoms with Crippen molar-refractivity contribution in [3.8, 4) is 0 Å². The topological polar surface area (TPSA) is 12.4 Å². The molecular weight excluding hydrogens is 210 g/mol. The van der Waals surface area contributed by atoms with E-state index in [0.717, 1.165) is 0 Å². The fraction of sp³-hybridized carbons (Fsp3) is 0.500. The minimum atomic E-state index is -1.34. The molecule has 88 valence electrons. The summed E-state index contributed by atoms with van der Waals surface area (Å²) in [5.41, 5.74) is 2.54. The zero-order valence-corrected chi connectivity index (χ0v) is 12.0. The Labute approximate surface area is 101 Å². The Kier molecular flexibility index (Phi) is 4.94. The maximum atomic E-state index is 4.92. The minimum absolute atomic E-state index is 1.23. The second kappa shape index (κ2) is 5.99. The van der Waals surface area contributed by atoms with E-state index in [9.17, 15) is 0 Å². The molecule has 0 amide bonds. The second-order valence-electron chi connectivity index (χ2n) is 4.45. The van der Waals surface area contributed by atoms with Crippen molar-refractivity contribution in [1.29, 1.82) is 0 Å². The largest absolute Gasteiger partial charge is 0.328 e. The first-order valence-corrected chi connectivity index (χ1v) is 8.84. The van der Waals surface area contributed by atoms with Crippen LogP contribution in [0.1, 0.15) is 31.9 Å². The Bertz CT molecular complexity index is 328. The summed E-state index contributed by atoms with van der Waals surface area (Å²) in [5.74, 6) is 0. The molecule has 0 aliphatic carbocycles. The third-order valence-corrected chi connectivity index (χ3v) is 8.16. The Morgan fingerprint density at radius 3 is 1.94 bits per heavy atom. The molecule has 2 heteroatoms. The van der Waals surface area contributed by atoms with E-state index in [1.54, 1.807) is 0 Å². The molecule has 0 bridgehead atoms. The molecule has 0 saturated carbocycles. The molecule has 0 saturated heterocycles. The highest BCUT2D eigenvalue weighted by atomic mass is 28.3. The SMILES string of the molecule is CC[Si](CC)(CC)N=Cc1ccc(C)cc1. The summed E-state index contributed by atoms with van der Waals surface area (Å²) < 4.78 is 4.92. The van der Waals surface area contributed by atoms with Crippen molar-refractivity contribution < 1.29 is 0 Å². The monoisotopic (exact) mass is 233 g/mol. The van der Waals surface area contributed by atoms with Gasteiger partial charge in [0.1, 0.15) is 0 Å². The van der Waals surface area contributed by atoms with E-state index in [2.05, 4.69) is 58.2 Å². The summed E-state index contributed by atoms with van der Waals surface area (Å²) in [6.45, 7) is 8.97. The summed E-state index contributed by atoms with van der Waals surface area (Å²) in [6.07, 6.45) is 2.09. The molecule has 0 aliphatic rings. The van der Waals surface area contributed by atoms with Crippen LogP contribution in [0.5, 0.6) is 0 Å². The lowest BCUT2D eigenvalue weighted by atomic mass is 10.2. The van der Waals surface area contributed by atoms with Crippen LogP contribution in [0.2, 0.25) is 18.1 Å². The van der Waals surface area contributed by atoms with Crippen molar-refractivity contribution in [3.05, 3.63) is 35.4 Å².